The zero-order valence-electron chi connectivity index (χ0n) is 23.9. The second-order valence-electron chi connectivity index (χ2n) is 10.8. The van der Waals surface area contributed by atoms with E-state index in [0.717, 1.165) is 66.6 Å². The molecule has 4 rings (SSSR count). The van der Waals surface area contributed by atoms with Crippen molar-refractivity contribution in [1.29, 1.82) is 0 Å². The Morgan fingerprint density at radius 2 is 1.51 bits per heavy atom. The summed E-state index contributed by atoms with van der Waals surface area (Å²) in [5.41, 5.74) is 5.42. The van der Waals surface area contributed by atoms with Gasteiger partial charge in [-0.2, -0.15) is 13.2 Å². The molecule has 0 saturated carbocycles. The molecular formula is C34H40F3N3O. The van der Waals surface area contributed by atoms with E-state index in [2.05, 4.69) is 29.5 Å². The normalized spacial score (nSPS) is 14.2. The van der Waals surface area contributed by atoms with E-state index in [9.17, 15) is 18.0 Å². The van der Waals surface area contributed by atoms with E-state index >= 15 is 0 Å². The first-order valence-electron chi connectivity index (χ1n) is 14.4. The Labute approximate surface area is 241 Å². The summed E-state index contributed by atoms with van der Waals surface area (Å²) in [5.74, 6) is -0.0447. The fourth-order valence-electron chi connectivity index (χ4n) is 5.94. The smallest absolute Gasteiger partial charge is 0.379 e. The topological polar surface area (TPSA) is 53.2 Å². The number of carbonyl (C=O) groups excluding carboxylic acids is 1. The maximum Gasteiger partial charge on any atom is 0.405 e. The van der Waals surface area contributed by atoms with E-state index in [1.165, 1.54) is 0 Å². The van der Waals surface area contributed by atoms with E-state index in [1.807, 2.05) is 79.7 Å². The van der Waals surface area contributed by atoms with E-state index < -0.39 is 18.1 Å². The first kappa shape index (κ1) is 30.4. The van der Waals surface area contributed by atoms with Crippen molar-refractivity contribution >= 4 is 5.91 Å². The molecule has 0 heterocycles. The fraction of sp³-hybridized carbons (Fsp3) is 0.382. The lowest BCUT2D eigenvalue weighted by Crippen LogP contribution is -2.39. The largest absolute Gasteiger partial charge is 0.405 e. The number of fused-ring (bicyclic) bond motifs is 3. The quantitative estimate of drug-likeness (QED) is 0.181. The van der Waals surface area contributed by atoms with Crippen LogP contribution in [-0.2, 0) is 5.41 Å². The Bertz CT molecular complexity index is 1310. The van der Waals surface area contributed by atoms with Gasteiger partial charge in [0.2, 0.25) is 0 Å². The molecule has 1 aliphatic carbocycles. The van der Waals surface area contributed by atoms with Crippen LogP contribution >= 0.6 is 0 Å². The van der Waals surface area contributed by atoms with Gasteiger partial charge in [0.1, 0.15) is 6.54 Å². The molecule has 1 unspecified atom stereocenters. The van der Waals surface area contributed by atoms with Crippen LogP contribution < -0.4 is 16.0 Å². The van der Waals surface area contributed by atoms with Gasteiger partial charge in [-0.05, 0) is 79.6 Å². The number of hydrogen-bond acceptors (Lipinski definition) is 3. The minimum Gasteiger partial charge on any atom is -0.379 e. The van der Waals surface area contributed by atoms with Gasteiger partial charge in [0.15, 0.2) is 0 Å². The lowest BCUT2D eigenvalue weighted by atomic mass is 9.72. The first-order valence-corrected chi connectivity index (χ1v) is 14.4. The zero-order chi connectivity index (χ0) is 29.5. The van der Waals surface area contributed by atoms with Crippen molar-refractivity contribution in [1.82, 2.24) is 16.0 Å². The molecule has 4 nitrogen and oxygen atoms in total. The molecule has 0 spiro atoms. The molecule has 3 N–H and O–H groups in total. The van der Waals surface area contributed by atoms with Crippen LogP contribution in [0.1, 0.15) is 66.1 Å². The molecule has 0 radical (unpaired) electrons. The van der Waals surface area contributed by atoms with Gasteiger partial charge in [-0.15, -0.1) is 0 Å². The Morgan fingerprint density at radius 1 is 0.902 bits per heavy atom. The predicted octanol–water partition coefficient (Wildman–Crippen LogP) is 7.29. The fourth-order valence-corrected chi connectivity index (χ4v) is 5.94. The second-order valence-corrected chi connectivity index (χ2v) is 10.8. The molecule has 41 heavy (non-hydrogen) atoms. The van der Waals surface area contributed by atoms with Crippen LogP contribution in [0.4, 0.5) is 13.2 Å². The second kappa shape index (κ2) is 13.4. The van der Waals surface area contributed by atoms with E-state index in [0.29, 0.717) is 17.7 Å². The molecule has 3 aromatic carbocycles. The minimum absolute atomic E-state index is 0.0447. The van der Waals surface area contributed by atoms with Crippen molar-refractivity contribution < 1.29 is 18.0 Å². The van der Waals surface area contributed by atoms with E-state index in [4.69, 9.17) is 0 Å². The van der Waals surface area contributed by atoms with Gasteiger partial charge >= 0.3 is 6.18 Å². The average molecular weight is 564 g/mol. The maximum atomic E-state index is 13.2. The van der Waals surface area contributed by atoms with Gasteiger partial charge in [-0.3, -0.25) is 4.79 Å². The van der Waals surface area contributed by atoms with E-state index in [-0.39, 0.29) is 11.9 Å². The Hall–Kier alpha value is -3.58. The van der Waals surface area contributed by atoms with Gasteiger partial charge in [0.25, 0.3) is 5.91 Å². The molecule has 0 bridgehead atoms. The van der Waals surface area contributed by atoms with Crippen molar-refractivity contribution in [2.75, 3.05) is 19.6 Å². The summed E-state index contributed by atoms with van der Waals surface area (Å²) in [6.45, 7) is 8.60. The number of allylic oxidation sites excluding steroid dienone is 1. The van der Waals surface area contributed by atoms with Crippen LogP contribution in [0.5, 0.6) is 0 Å². The lowest BCUT2D eigenvalue weighted by molar-refractivity contribution is -0.123. The number of alkyl halides is 3. The number of amides is 1. The summed E-state index contributed by atoms with van der Waals surface area (Å²) in [5, 5.41) is 9.26. The molecule has 1 aliphatic rings. The standard InChI is InChI=1S/C34H40F3N3O/c1-4-26(40-32(41)27-14-6-5-13-24(27)2)19-22-38-21-12-11-20-33(25(3)39-23-34(35,36)37)30-17-9-7-15-28(30)29-16-8-10-18-31(29)33/h5-10,13-18,26,38-39H,3-4,11-12,19-23H2,1-2H3,(H,40,41). The van der Waals surface area contributed by atoms with Gasteiger partial charge in [0, 0.05) is 17.3 Å². The van der Waals surface area contributed by atoms with Crippen molar-refractivity contribution in [3.63, 3.8) is 0 Å². The number of hydrogen-bond donors (Lipinski definition) is 3. The zero-order valence-corrected chi connectivity index (χ0v) is 23.9. The third-order valence-corrected chi connectivity index (χ3v) is 8.12. The lowest BCUT2D eigenvalue weighted by Gasteiger charge is -2.35. The molecular weight excluding hydrogens is 523 g/mol. The van der Waals surface area contributed by atoms with Crippen LogP contribution in [0, 0.1) is 6.92 Å². The number of rotatable bonds is 14. The number of nitrogens with one attached hydrogen (secondary N) is 3. The minimum atomic E-state index is -4.33. The van der Waals surface area contributed by atoms with Crippen LogP contribution in [0.2, 0.25) is 0 Å². The van der Waals surface area contributed by atoms with Crippen LogP contribution in [-0.4, -0.2) is 37.8 Å². The highest BCUT2D eigenvalue weighted by Gasteiger charge is 2.45. The van der Waals surface area contributed by atoms with Crippen LogP contribution in [0.25, 0.3) is 11.1 Å². The van der Waals surface area contributed by atoms with Gasteiger partial charge in [-0.25, -0.2) is 0 Å². The Kier molecular flexibility index (Phi) is 9.92. The van der Waals surface area contributed by atoms with Gasteiger partial charge in [-0.1, -0.05) is 86.7 Å². The monoisotopic (exact) mass is 563 g/mol. The third-order valence-electron chi connectivity index (χ3n) is 8.12. The molecule has 0 aromatic heterocycles. The van der Waals surface area contributed by atoms with Crippen LogP contribution in [0.3, 0.4) is 0 Å². The molecule has 218 valence electrons. The van der Waals surface area contributed by atoms with Gasteiger partial charge < -0.3 is 16.0 Å². The number of carbonyl (C=O) groups is 1. The highest BCUT2D eigenvalue weighted by atomic mass is 19.4. The molecule has 0 saturated heterocycles. The van der Waals surface area contributed by atoms with Crippen molar-refractivity contribution in [2.45, 2.75) is 63.6 Å². The molecule has 7 heteroatoms. The van der Waals surface area contributed by atoms with E-state index in [1.54, 1.807) is 0 Å². The maximum absolute atomic E-state index is 13.2. The highest BCUT2D eigenvalue weighted by molar-refractivity contribution is 5.95. The third kappa shape index (κ3) is 7.02. The Morgan fingerprint density at radius 3 is 2.12 bits per heavy atom. The Balaban J connectivity index is 1.35. The molecule has 0 fully saturated rings. The molecule has 3 aromatic rings. The number of halogens is 3. The summed E-state index contributed by atoms with van der Waals surface area (Å²) < 4.78 is 39.5. The first-order chi connectivity index (χ1) is 19.7. The highest BCUT2D eigenvalue weighted by Crippen LogP contribution is 2.54. The molecule has 1 atom stereocenters. The average Bonchev–Trinajstić information content (AvgIpc) is 3.25. The summed E-state index contributed by atoms with van der Waals surface area (Å²) >= 11 is 0. The van der Waals surface area contributed by atoms with Crippen LogP contribution in [0.15, 0.2) is 85.1 Å². The molecule has 0 aliphatic heterocycles. The van der Waals surface area contributed by atoms with Crippen molar-refractivity contribution in [3.05, 3.63) is 107 Å². The summed E-state index contributed by atoms with van der Waals surface area (Å²) in [6.07, 6.45) is -0.350. The summed E-state index contributed by atoms with van der Waals surface area (Å²) in [6, 6.07) is 23.6. The summed E-state index contributed by atoms with van der Waals surface area (Å²) in [7, 11) is 0. The number of unbranched alkanes of at least 4 members (excludes halogenated alkanes) is 1. The molecule has 1 amide bonds. The van der Waals surface area contributed by atoms with Gasteiger partial charge in [0.05, 0.1) is 5.41 Å². The SMILES string of the molecule is C=C(NCC(F)(F)F)C1(CCCCNCCC(CC)NC(=O)c2ccccc2C)c2ccccc2-c2ccccc21. The summed E-state index contributed by atoms with van der Waals surface area (Å²) in [4.78, 5) is 12.7. The van der Waals surface area contributed by atoms with Crippen molar-refractivity contribution in [3.8, 4) is 11.1 Å². The van der Waals surface area contributed by atoms with Crippen molar-refractivity contribution in [2.24, 2.45) is 0 Å². The number of benzene rings is 3. The number of aryl methyl sites for hydroxylation is 1. The predicted molar refractivity (Wildman–Crippen MR) is 160 cm³/mol.